The SMILES string of the molecule is Cc1ccc(-c2nc(C(=O)NC3CCCCC3)nn2-c2ccc(Cl)c(Cl)c2)cc1. The number of benzene rings is 2. The summed E-state index contributed by atoms with van der Waals surface area (Å²) in [7, 11) is 0. The van der Waals surface area contributed by atoms with Gasteiger partial charge in [0.2, 0.25) is 5.82 Å². The zero-order chi connectivity index (χ0) is 20.4. The smallest absolute Gasteiger partial charge is 0.291 e. The fourth-order valence-corrected chi connectivity index (χ4v) is 3.88. The number of carbonyl (C=O) groups excluding carboxylic acids is 1. The molecule has 1 aliphatic rings. The van der Waals surface area contributed by atoms with Crippen LogP contribution in [0.1, 0.15) is 48.3 Å². The molecule has 2 aromatic carbocycles. The summed E-state index contributed by atoms with van der Waals surface area (Å²) in [6, 6.07) is 13.4. The number of aromatic nitrogens is 3. The number of nitrogens with one attached hydrogen (secondary N) is 1. The highest BCUT2D eigenvalue weighted by Crippen LogP contribution is 2.27. The molecule has 1 N–H and O–H groups in total. The molecular formula is C22H22Cl2N4O. The topological polar surface area (TPSA) is 59.8 Å². The van der Waals surface area contributed by atoms with Crippen molar-refractivity contribution < 1.29 is 4.79 Å². The third-order valence-corrected chi connectivity index (χ3v) is 5.95. The van der Waals surface area contributed by atoms with Gasteiger partial charge in [0.15, 0.2) is 5.82 Å². The van der Waals surface area contributed by atoms with E-state index in [0.29, 0.717) is 21.6 Å². The van der Waals surface area contributed by atoms with Crippen LogP contribution in [0.3, 0.4) is 0 Å². The number of rotatable bonds is 4. The fourth-order valence-electron chi connectivity index (χ4n) is 3.59. The van der Waals surface area contributed by atoms with Gasteiger partial charge in [-0.25, -0.2) is 9.67 Å². The lowest BCUT2D eigenvalue weighted by molar-refractivity contribution is 0.0917. The molecule has 1 fully saturated rings. The molecule has 1 saturated carbocycles. The summed E-state index contributed by atoms with van der Waals surface area (Å²) < 4.78 is 1.64. The Morgan fingerprint density at radius 3 is 2.45 bits per heavy atom. The Morgan fingerprint density at radius 2 is 1.76 bits per heavy atom. The molecule has 0 radical (unpaired) electrons. The molecule has 1 aromatic heterocycles. The van der Waals surface area contributed by atoms with E-state index < -0.39 is 0 Å². The maximum atomic E-state index is 12.8. The van der Waals surface area contributed by atoms with Crippen LogP contribution in [0.5, 0.6) is 0 Å². The van der Waals surface area contributed by atoms with Crippen LogP contribution in [-0.4, -0.2) is 26.7 Å². The monoisotopic (exact) mass is 428 g/mol. The summed E-state index contributed by atoms with van der Waals surface area (Å²) in [6.45, 7) is 2.02. The van der Waals surface area contributed by atoms with Crippen LogP contribution < -0.4 is 5.32 Å². The molecule has 0 unspecified atom stereocenters. The molecule has 1 aliphatic carbocycles. The van der Waals surface area contributed by atoms with E-state index in [-0.39, 0.29) is 17.8 Å². The Morgan fingerprint density at radius 1 is 1.03 bits per heavy atom. The quantitative estimate of drug-likeness (QED) is 0.586. The Labute approximate surface area is 180 Å². The van der Waals surface area contributed by atoms with Crippen LogP contribution in [-0.2, 0) is 0 Å². The summed E-state index contributed by atoms with van der Waals surface area (Å²) in [5, 5.41) is 8.47. The third kappa shape index (κ3) is 4.46. The highest BCUT2D eigenvalue weighted by atomic mass is 35.5. The van der Waals surface area contributed by atoms with E-state index in [1.54, 1.807) is 16.8 Å². The molecule has 150 valence electrons. The van der Waals surface area contributed by atoms with E-state index in [4.69, 9.17) is 23.2 Å². The predicted molar refractivity (Wildman–Crippen MR) is 116 cm³/mol. The van der Waals surface area contributed by atoms with Crippen molar-refractivity contribution in [2.24, 2.45) is 0 Å². The van der Waals surface area contributed by atoms with Crippen LogP contribution in [0.15, 0.2) is 42.5 Å². The summed E-state index contributed by atoms with van der Waals surface area (Å²) in [5.41, 5.74) is 2.70. The van der Waals surface area contributed by atoms with Crippen molar-refractivity contribution in [3.8, 4) is 17.1 Å². The number of hydrogen-bond acceptors (Lipinski definition) is 3. The van der Waals surface area contributed by atoms with Gasteiger partial charge < -0.3 is 5.32 Å². The van der Waals surface area contributed by atoms with Crippen molar-refractivity contribution in [3.63, 3.8) is 0 Å². The Hall–Kier alpha value is -2.37. The maximum absolute atomic E-state index is 12.8. The van der Waals surface area contributed by atoms with E-state index >= 15 is 0 Å². The predicted octanol–water partition coefficient (Wildman–Crippen LogP) is 5.61. The van der Waals surface area contributed by atoms with Crippen molar-refractivity contribution in [3.05, 3.63) is 63.9 Å². The first-order valence-electron chi connectivity index (χ1n) is 9.81. The van der Waals surface area contributed by atoms with Crippen LogP contribution in [0.4, 0.5) is 0 Å². The summed E-state index contributed by atoms with van der Waals surface area (Å²) in [5.74, 6) is 0.485. The van der Waals surface area contributed by atoms with Gasteiger partial charge in [-0.2, -0.15) is 0 Å². The number of hydrogen-bond donors (Lipinski definition) is 1. The molecule has 0 aliphatic heterocycles. The third-order valence-electron chi connectivity index (χ3n) is 5.21. The van der Waals surface area contributed by atoms with Crippen LogP contribution in [0.25, 0.3) is 17.1 Å². The maximum Gasteiger partial charge on any atom is 0.291 e. The standard InChI is InChI=1S/C22H22Cl2N4O/c1-14-7-9-15(10-8-14)21-26-20(22(29)25-16-5-3-2-4-6-16)27-28(21)17-11-12-18(23)19(24)13-17/h7-13,16H,2-6H2,1H3,(H,25,29). The van der Waals surface area contributed by atoms with Crippen molar-refractivity contribution in [1.29, 1.82) is 0 Å². The Kier molecular flexibility index (Phi) is 5.88. The molecule has 4 rings (SSSR count). The second-order valence-electron chi connectivity index (χ2n) is 7.44. The molecule has 0 bridgehead atoms. The van der Waals surface area contributed by atoms with Crippen molar-refractivity contribution in [2.75, 3.05) is 0 Å². The molecule has 0 atom stereocenters. The Bertz CT molecular complexity index is 1020. The van der Waals surface area contributed by atoms with Crippen LogP contribution >= 0.6 is 23.2 Å². The minimum atomic E-state index is -0.246. The molecule has 5 nitrogen and oxygen atoms in total. The highest BCUT2D eigenvalue weighted by molar-refractivity contribution is 6.42. The molecule has 0 saturated heterocycles. The van der Waals surface area contributed by atoms with E-state index in [1.807, 2.05) is 37.3 Å². The molecule has 1 amide bonds. The molecule has 7 heteroatoms. The van der Waals surface area contributed by atoms with Crippen LogP contribution in [0, 0.1) is 6.92 Å². The van der Waals surface area contributed by atoms with Crippen molar-refractivity contribution >= 4 is 29.1 Å². The van der Waals surface area contributed by atoms with E-state index in [1.165, 1.54) is 6.42 Å². The Balaban J connectivity index is 1.72. The van der Waals surface area contributed by atoms with Gasteiger partial charge >= 0.3 is 0 Å². The van der Waals surface area contributed by atoms with Crippen molar-refractivity contribution in [2.45, 2.75) is 45.1 Å². The average Bonchev–Trinajstić information content (AvgIpc) is 3.17. The average molecular weight is 429 g/mol. The molecular weight excluding hydrogens is 407 g/mol. The molecule has 3 aromatic rings. The first kappa shape index (κ1) is 19.9. The number of amides is 1. The molecule has 1 heterocycles. The van der Waals surface area contributed by atoms with E-state index in [9.17, 15) is 4.79 Å². The lowest BCUT2D eigenvalue weighted by Crippen LogP contribution is -2.36. The number of aryl methyl sites for hydroxylation is 1. The van der Waals surface area contributed by atoms with Gasteiger partial charge in [-0.15, -0.1) is 5.10 Å². The second kappa shape index (κ2) is 8.56. The van der Waals surface area contributed by atoms with E-state index in [2.05, 4.69) is 15.4 Å². The fraction of sp³-hybridized carbons (Fsp3) is 0.318. The highest BCUT2D eigenvalue weighted by Gasteiger charge is 2.22. The lowest BCUT2D eigenvalue weighted by atomic mass is 9.95. The van der Waals surface area contributed by atoms with Gasteiger partial charge in [-0.3, -0.25) is 4.79 Å². The van der Waals surface area contributed by atoms with Crippen LogP contribution in [0.2, 0.25) is 10.0 Å². The minimum absolute atomic E-state index is 0.150. The van der Waals surface area contributed by atoms with E-state index in [0.717, 1.165) is 36.8 Å². The number of halogens is 2. The summed E-state index contributed by atoms with van der Waals surface area (Å²) >= 11 is 12.3. The van der Waals surface area contributed by atoms with Gasteiger partial charge in [0.05, 0.1) is 15.7 Å². The minimum Gasteiger partial charge on any atom is -0.347 e. The van der Waals surface area contributed by atoms with Gasteiger partial charge in [-0.05, 0) is 38.0 Å². The second-order valence-corrected chi connectivity index (χ2v) is 8.26. The number of carbonyl (C=O) groups is 1. The van der Waals surface area contributed by atoms with Crippen molar-refractivity contribution in [1.82, 2.24) is 20.1 Å². The van der Waals surface area contributed by atoms with Gasteiger partial charge in [0.25, 0.3) is 5.91 Å². The molecule has 29 heavy (non-hydrogen) atoms. The first-order valence-corrected chi connectivity index (χ1v) is 10.6. The normalized spacial score (nSPS) is 14.7. The summed E-state index contributed by atoms with van der Waals surface area (Å²) in [6.07, 6.45) is 5.53. The lowest BCUT2D eigenvalue weighted by Gasteiger charge is -2.21. The summed E-state index contributed by atoms with van der Waals surface area (Å²) in [4.78, 5) is 17.4. The zero-order valence-electron chi connectivity index (χ0n) is 16.2. The van der Waals surface area contributed by atoms with Gasteiger partial charge in [0, 0.05) is 11.6 Å². The van der Waals surface area contributed by atoms with Gasteiger partial charge in [0.1, 0.15) is 0 Å². The first-order chi connectivity index (χ1) is 14.0. The zero-order valence-corrected chi connectivity index (χ0v) is 17.7. The molecule has 0 spiro atoms. The van der Waals surface area contributed by atoms with Gasteiger partial charge in [-0.1, -0.05) is 72.3 Å². The number of nitrogens with zero attached hydrogens (tertiary/aromatic N) is 3. The largest absolute Gasteiger partial charge is 0.347 e.